The average molecular weight is 294 g/mol. The Kier molecular flexibility index (Phi) is 3.85. The molecule has 0 saturated heterocycles. The first kappa shape index (κ1) is 14.6. The highest BCUT2D eigenvalue weighted by molar-refractivity contribution is 7.16. The van der Waals surface area contributed by atoms with E-state index in [1.165, 1.54) is 11.3 Å². The van der Waals surface area contributed by atoms with Crippen molar-refractivity contribution in [3.8, 4) is 5.75 Å². The van der Waals surface area contributed by atoms with E-state index in [0.717, 1.165) is 16.0 Å². The fourth-order valence-corrected chi connectivity index (χ4v) is 2.59. The monoisotopic (exact) mass is 294 g/mol. The summed E-state index contributed by atoms with van der Waals surface area (Å²) in [5.74, 6) is 0.467. The number of carbonyl (C=O) groups is 1. The number of rotatable bonds is 3. The highest BCUT2D eigenvalue weighted by Gasteiger charge is 2.23. The third-order valence-electron chi connectivity index (χ3n) is 2.85. The van der Waals surface area contributed by atoms with E-state index < -0.39 is 5.41 Å². The lowest BCUT2D eigenvalue weighted by molar-refractivity contribution is -0.156. The van der Waals surface area contributed by atoms with Crippen LogP contribution in [0.1, 0.15) is 20.8 Å². The van der Waals surface area contributed by atoms with Gasteiger partial charge in [-0.3, -0.25) is 14.8 Å². The van der Waals surface area contributed by atoms with Crippen molar-refractivity contribution in [1.82, 2.24) is 4.57 Å². The summed E-state index contributed by atoms with van der Waals surface area (Å²) in [6.45, 7) is 5.47. The Labute approximate surface area is 121 Å². The number of fused-ring (bicyclic) bond motifs is 1. The summed E-state index contributed by atoms with van der Waals surface area (Å²) < 4.78 is 13.0. The molecule has 0 aliphatic carbocycles. The molecule has 0 spiro atoms. The second-order valence-corrected chi connectivity index (χ2v) is 6.51. The molecule has 6 heteroatoms. The van der Waals surface area contributed by atoms with Crippen LogP contribution in [-0.4, -0.2) is 17.6 Å². The minimum Gasteiger partial charge on any atom is -0.497 e. The molecule has 1 aromatic carbocycles. The first-order valence-corrected chi connectivity index (χ1v) is 7.04. The molecule has 2 rings (SSSR count). The van der Waals surface area contributed by atoms with Crippen molar-refractivity contribution in [1.29, 1.82) is 5.41 Å². The quantitative estimate of drug-likeness (QED) is 0.885. The van der Waals surface area contributed by atoms with E-state index in [1.54, 1.807) is 32.4 Å². The molecule has 0 radical (unpaired) electrons. The van der Waals surface area contributed by atoms with Crippen LogP contribution in [0, 0.1) is 10.8 Å². The average Bonchev–Trinajstić information content (AvgIpc) is 2.69. The molecule has 0 bridgehead atoms. The van der Waals surface area contributed by atoms with E-state index in [1.807, 2.05) is 18.2 Å². The molecular formula is C14H18N2O3S. The van der Waals surface area contributed by atoms with Crippen molar-refractivity contribution in [2.24, 2.45) is 5.41 Å². The third-order valence-corrected chi connectivity index (χ3v) is 3.81. The number of esters is 1. The molecule has 5 nitrogen and oxygen atoms in total. The van der Waals surface area contributed by atoms with Gasteiger partial charge in [-0.2, -0.15) is 0 Å². The van der Waals surface area contributed by atoms with Crippen LogP contribution >= 0.6 is 11.3 Å². The molecule has 0 amide bonds. The van der Waals surface area contributed by atoms with E-state index >= 15 is 0 Å². The number of benzene rings is 1. The van der Waals surface area contributed by atoms with E-state index in [9.17, 15) is 4.79 Å². The summed E-state index contributed by atoms with van der Waals surface area (Å²) in [6.07, 6.45) is 0. The van der Waals surface area contributed by atoms with Gasteiger partial charge in [-0.1, -0.05) is 11.3 Å². The number of thiazole rings is 1. The van der Waals surface area contributed by atoms with E-state index in [2.05, 4.69) is 0 Å². The molecule has 108 valence electrons. The van der Waals surface area contributed by atoms with Crippen LogP contribution < -0.4 is 9.54 Å². The van der Waals surface area contributed by atoms with E-state index in [4.69, 9.17) is 14.9 Å². The number of aromatic nitrogens is 1. The zero-order chi connectivity index (χ0) is 14.9. The lowest BCUT2D eigenvalue weighted by atomic mass is 9.98. The van der Waals surface area contributed by atoms with Crippen molar-refractivity contribution in [2.45, 2.75) is 27.5 Å². The van der Waals surface area contributed by atoms with Crippen molar-refractivity contribution < 1.29 is 14.3 Å². The standard InChI is InChI=1S/C14H18N2O3S/c1-14(2,3)12(17)19-8-16-10-6-5-9(18-4)7-11(10)20-13(16)15/h5-7,15H,8H2,1-4H3. The normalized spacial score (nSPS) is 11.6. The number of ether oxygens (including phenoxy) is 2. The van der Waals surface area contributed by atoms with Gasteiger partial charge in [0.15, 0.2) is 11.5 Å². The van der Waals surface area contributed by atoms with E-state index in [0.29, 0.717) is 4.80 Å². The van der Waals surface area contributed by atoms with Gasteiger partial charge in [-0.05, 0) is 39.0 Å². The summed E-state index contributed by atoms with van der Waals surface area (Å²) in [7, 11) is 1.61. The number of carbonyl (C=O) groups excluding carboxylic acids is 1. The lowest BCUT2D eigenvalue weighted by Crippen LogP contribution is -2.26. The van der Waals surface area contributed by atoms with Crippen LogP contribution in [0.15, 0.2) is 18.2 Å². The highest BCUT2D eigenvalue weighted by atomic mass is 32.1. The minimum atomic E-state index is -0.544. The van der Waals surface area contributed by atoms with Gasteiger partial charge in [-0.15, -0.1) is 0 Å². The van der Waals surface area contributed by atoms with Crippen molar-refractivity contribution in [3.63, 3.8) is 0 Å². The molecule has 1 aromatic heterocycles. The molecule has 0 aliphatic heterocycles. The first-order valence-electron chi connectivity index (χ1n) is 6.22. The Bertz CT molecular complexity index is 694. The van der Waals surface area contributed by atoms with Crippen molar-refractivity contribution in [2.75, 3.05) is 7.11 Å². The zero-order valence-corrected chi connectivity index (χ0v) is 12.8. The summed E-state index contributed by atoms with van der Waals surface area (Å²) in [6, 6.07) is 5.57. The smallest absolute Gasteiger partial charge is 0.312 e. The molecule has 0 fully saturated rings. The van der Waals surface area contributed by atoms with Gasteiger partial charge in [0.1, 0.15) is 5.75 Å². The summed E-state index contributed by atoms with van der Waals surface area (Å²) >= 11 is 1.33. The molecule has 1 heterocycles. The topological polar surface area (TPSA) is 64.3 Å². The van der Waals surface area contributed by atoms with Gasteiger partial charge in [0.05, 0.1) is 22.7 Å². The Morgan fingerprint density at radius 3 is 2.70 bits per heavy atom. The summed E-state index contributed by atoms with van der Waals surface area (Å²) in [5, 5.41) is 7.98. The predicted molar refractivity (Wildman–Crippen MR) is 77.8 cm³/mol. The number of methoxy groups -OCH3 is 1. The van der Waals surface area contributed by atoms with Crippen LogP contribution in [0.5, 0.6) is 5.75 Å². The zero-order valence-electron chi connectivity index (χ0n) is 12.0. The van der Waals surface area contributed by atoms with Crippen LogP contribution in [-0.2, 0) is 16.3 Å². The molecule has 20 heavy (non-hydrogen) atoms. The molecule has 0 unspecified atom stereocenters. The van der Waals surface area contributed by atoms with E-state index in [-0.39, 0.29) is 12.7 Å². The van der Waals surface area contributed by atoms with Crippen LogP contribution in [0.3, 0.4) is 0 Å². The Hall–Kier alpha value is -1.82. The maximum atomic E-state index is 11.8. The van der Waals surface area contributed by atoms with Gasteiger partial charge in [0.25, 0.3) is 0 Å². The summed E-state index contributed by atoms with van der Waals surface area (Å²) in [4.78, 5) is 12.1. The molecular weight excluding hydrogens is 276 g/mol. The van der Waals surface area contributed by atoms with Gasteiger partial charge in [0.2, 0.25) is 0 Å². The highest BCUT2D eigenvalue weighted by Crippen LogP contribution is 2.23. The maximum Gasteiger partial charge on any atom is 0.312 e. The first-order chi connectivity index (χ1) is 9.32. The predicted octanol–water partition coefficient (Wildman–Crippen LogP) is 2.74. The number of nitrogens with zero attached hydrogens (tertiary/aromatic N) is 1. The molecule has 0 saturated carbocycles. The Balaban J connectivity index is 2.29. The van der Waals surface area contributed by atoms with Gasteiger partial charge in [-0.25, -0.2) is 0 Å². The molecule has 1 N–H and O–H groups in total. The van der Waals surface area contributed by atoms with Crippen LogP contribution in [0.2, 0.25) is 0 Å². The second-order valence-electron chi connectivity index (χ2n) is 5.48. The van der Waals surface area contributed by atoms with Gasteiger partial charge < -0.3 is 9.47 Å². The van der Waals surface area contributed by atoms with Crippen LogP contribution in [0.4, 0.5) is 0 Å². The minimum absolute atomic E-state index is 0.0568. The lowest BCUT2D eigenvalue weighted by Gasteiger charge is -2.17. The fourth-order valence-electron chi connectivity index (χ4n) is 1.66. The van der Waals surface area contributed by atoms with Crippen LogP contribution in [0.25, 0.3) is 10.2 Å². The SMILES string of the molecule is COc1ccc2c(c1)sc(=N)n2COC(=O)C(C)(C)C. The second kappa shape index (κ2) is 5.28. The van der Waals surface area contributed by atoms with Crippen molar-refractivity contribution >= 4 is 27.5 Å². The van der Waals surface area contributed by atoms with Crippen molar-refractivity contribution in [3.05, 3.63) is 23.0 Å². The van der Waals surface area contributed by atoms with Gasteiger partial charge in [0, 0.05) is 0 Å². The Morgan fingerprint density at radius 1 is 1.40 bits per heavy atom. The Morgan fingerprint density at radius 2 is 2.10 bits per heavy atom. The largest absolute Gasteiger partial charge is 0.497 e. The molecule has 2 aromatic rings. The number of hydrogen-bond acceptors (Lipinski definition) is 5. The summed E-state index contributed by atoms with van der Waals surface area (Å²) in [5.41, 5.74) is 0.320. The fraction of sp³-hybridized carbons (Fsp3) is 0.429. The number of nitrogens with one attached hydrogen (secondary N) is 1. The molecule has 0 aliphatic rings. The van der Waals surface area contributed by atoms with Gasteiger partial charge >= 0.3 is 5.97 Å². The maximum absolute atomic E-state index is 11.8. The molecule has 0 atom stereocenters. The number of hydrogen-bond donors (Lipinski definition) is 1. The third kappa shape index (κ3) is 2.85.